The Morgan fingerprint density at radius 2 is 2.00 bits per heavy atom. The Hall–Kier alpha value is -3.42. The minimum absolute atomic E-state index is 0.0462. The number of aromatic nitrogens is 3. The van der Waals surface area contributed by atoms with E-state index in [0.29, 0.717) is 29.7 Å². The molecule has 2 heterocycles. The van der Waals surface area contributed by atoms with Crippen LogP contribution in [0.25, 0.3) is 5.65 Å². The first kappa shape index (κ1) is 19.3. The van der Waals surface area contributed by atoms with E-state index >= 15 is 0 Å². The first-order valence-corrected chi connectivity index (χ1v) is 9.04. The van der Waals surface area contributed by atoms with Crippen LogP contribution in [0.3, 0.4) is 0 Å². The average Bonchev–Trinajstić information content (AvgIpc) is 3.12. The van der Waals surface area contributed by atoms with E-state index in [1.807, 2.05) is 30.3 Å². The van der Waals surface area contributed by atoms with Gasteiger partial charge < -0.3 is 10.4 Å². The molecule has 146 valence electrons. The van der Waals surface area contributed by atoms with Crippen LogP contribution in [0.1, 0.15) is 29.7 Å². The van der Waals surface area contributed by atoms with E-state index < -0.39 is 5.97 Å². The second-order valence-corrected chi connectivity index (χ2v) is 6.70. The van der Waals surface area contributed by atoms with Gasteiger partial charge in [-0.15, -0.1) is 0 Å². The van der Waals surface area contributed by atoms with Crippen LogP contribution in [-0.2, 0) is 22.4 Å². The van der Waals surface area contributed by atoms with Crippen molar-refractivity contribution in [3.63, 3.8) is 0 Å². The molecule has 0 saturated carbocycles. The van der Waals surface area contributed by atoms with E-state index in [-0.39, 0.29) is 30.3 Å². The Bertz CT molecular complexity index is 1040. The number of carboxylic acids is 1. The summed E-state index contributed by atoms with van der Waals surface area (Å²) in [6, 6.07) is 10.9. The molecule has 1 atom stereocenters. The number of rotatable bonds is 8. The van der Waals surface area contributed by atoms with E-state index in [4.69, 9.17) is 5.11 Å². The van der Waals surface area contributed by atoms with Gasteiger partial charge in [-0.1, -0.05) is 30.3 Å². The number of nitrogens with zero attached hydrogens (tertiary/aromatic N) is 2. The quantitative estimate of drug-likeness (QED) is 0.545. The van der Waals surface area contributed by atoms with Gasteiger partial charge in [-0.3, -0.25) is 19.5 Å². The van der Waals surface area contributed by atoms with Gasteiger partial charge in [0.1, 0.15) is 0 Å². The molecule has 8 heteroatoms. The molecule has 1 unspecified atom stereocenters. The molecule has 0 saturated heterocycles. The fourth-order valence-corrected chi connectivity index (χ4v) is 3.17. The number of carboxylic acid groups (broad SMARTS) is 1. The van der Waals surface area contributed by atoms with E-state index in [2.05, 4.69) is 15.4 Å². The van der Waals surface area contributed by atoms with Crippen LogP contribution in [0, 0.1) is 6.92 Å². The largest absolute Gasteiger partial charge is 0.481 e. The van der Waals surface area contributed by atoms with Crippen LogP contribution in [0.5, 0.6) is 0 Å². The van der Waals surface area contributed by atoms with Gasteiger partial charge in [0.15, 0.2) is 5.65 Å². The third kappa shape index (κ3) is 4.64. The average molecular weight is 382 g/mol. The molecule has 0 aliphatic heterocycles. The van der Waals surface area contributed by atoms with Crippen molar-refractivity contribution in [3.8, 4) is 0 Å². The normalized spacial score (nSPS) is 12.0. The Morgan fingerprint density at radius 3 is 2.71 bits per heavy atom. The van der Waals surface area contributed by atoms with Crippen LogP contribution < -0.4 is 10.9 Å². The van der Waals surface area contributed by atoms with Crippen LogP contribution in [0.2, 0.25) is 0 Å². The molecule has 0 fully saturated rings. The highest BCUT2D eigenvalue weighted by molar-refractivity contribution is 5.79. The molecular formula is C20H22N4O4. The predicted molar refractivity (Wildman–Crippen MR) is 103 cm³/mol. The Balaban J connectivity index is 1.74. The van der Waals surface area contributed by atoms with Crippen molar-refractivity contribution in [1.29, 1.82) is 0 Å². The van der Waals surface area contributed by atoms with E-state index in [9.17, 15) is 14.4 Å². The molecule has 0 aliphatic rings. The molecule has 0 aliphatic carbocycles. The second kappa shape index (κ2) is 8.51. The lowest BCUT2D eigenvalue weighted by Gasteiger charge is -2.18. The van der Waals surface area contributed by atoms with Crippen LogP contribution >= 0.6 is 0 Å². The molecule has 2 aromatic heterocycles. The lowest BCUT2D eigenvalue weighted by atomic mass is 10.0. The molecule has 3 rings (SSSR count). The molecular weight excluding hydrogens is 360 g/mol. The molecule has 1 aromatic carbocycles. The molecule has 28 heavy (non-hydrogen) atoms. The first-order chi connectivity index (χ1) is 13.4. The highest BCUT2D eigenvalue weighted by Gasteiger charge is 2.18. The number of benzene rings is 1. The second-order valence-electron chi connectivity index (χ2n) is 6.70. The lowest BCUT2D eigenvalue weighted by Crippen LogP contribution is -2.39. The topological polar surface area (TPSA) is 117 Å². The number of aryl methyl sites for hydroxylation is 1. The number of hydrogen-bond donors (Lipinski definition) is 3. The van der Waals surface area contributed by atoms with Gasteiger partial charge in [-0.25, -0.2) is 9.50 Å². The van der Waals surface area contributed by atoms with Crippen molar-refractivity contribution in [2.45, 2.75) is 38.6 Å². The number of aromatic amines is 1. The fraction of sp³-hybridized carbons (Fsp3) is 0.300. The summed E-state index contributed by atoms with van der Waals surface area (Å²) in [6.45, 7) is 1.70. The summed E-state index contributed by atoms with van der Waals surface area (Å²) in [5.41, 5.74) is 2.01. The van der Waals surface area contributed by atoms with Crippen molar-refractivity contribution in [1.82, 2.24) is 19.9 Å². The molecule has 8 nitrogen and oxygen atoms in total. The summed E-state index contributed by atoms with van der Waals surface area (Å²) in [5.74, 6) is -1.25. The van der Waals surface area contributed by atoms with Crippen LogP contribution in [0.15, 0.2) is 47.4 Å². The predicted octanol–water partition coefficient (Wildman–Crippen LogP) is 1.47. The number of nitrogens with one attached hydrogen (secondary N) is 2. The van der Waals surface area contributed by atoms with Crippen LogP contribution in [-0.4, -0.2) is 37.6 Å². The fourth-order valence-electron chi connectivity index (χ4n) is 3.17. The summed E-state index contributed by atoms with van der Waals surface area (Å²) in [5, 5.41) is 14.6. The maximum atomic E-state index is 12.6. The van der Waals surface area contributed by atoms with Gasteiger partial charge in [0.2, 0.25) is 5.91 Å². The van der Waals surface area contributed by atoms with Crippen molar-refractivity contribution < 1.29 is 14.7 Å². The number of carbonyl (C=O) groups is 2. The monoisotopic (exact) mass is 382 g/mol. The number of hydrogen-bond acceptors (Lipinski definition) is 4. The molecule has 0 spiro atoms. The van der Waals surface area contributed by atoms with E-state index in [1.165, 1.54) is 4.52 Å². The van der Waals surface area contributed by atoms with Gasteiger partial charge in [0.25, 0.3) is 5.56 Å². The zero-order chi connectivity index (χ0) is 20.1. The zero-order valence-corrected chi connectivity index (χ0v) is 15.5. The first-order valence-electron chi connectivity index (χ1n) is 9.04. The smallest absolute Gasteiger partial charge is 0.303 e. The number of aliphatic carboxylic acids is 1. The summed E-state index contributed by atoms with van der Waals surface area (Å²) in [6.07, 6.45) is 2.27. The van der Waals surface area contributed by atoms with Gasteiger partial charge in [-0.2, -0.15) is 0 Å². The van der Waals surface area contributed by atoms with E-state index in [0.717, 1.165) is 5.56 Å². The third-order valence-electron chi connectivity index (χ3n) is 4.58. The highest BCUT2D eigenvalue weighted by Crippen LogP contribution is 2.09. The Morgan fingerprint density at radius 1 is 1.25 bits per heavy atom. The molecule has 0 radical (unpaired) electrons. The number of carbonyl (C=O) groups excluding carboxylic acids is 1. The van der Waals surface area contributed by atoms with Gasteiger partial charge in [-0.05, 0) is 25.3 Å². The minimum atomic E-state index is -0.914. The van der Waals surface area contributed by atoms with Crippen molar-refractivity contribution in [3.05, 3.63) is 69.8 Å². The van der Waals surface area contributed by atoms with Crippen molar-refractivity contribution in [2.75, 3.05) is 0 Å². The molecule has 0 bridgehead atoms. The van der Waals surface area contributed by atoms with Gasteiger partial charge >= 0.3 is 5.97 Å². The lowest BCUT2D eigenvalue weighted by molar-refractivity contribution is -0.137. The summed E-state index contributed by atoms with van der Waals surface area (Å²) in [7, 11) is 0. The summed E-state index contributed by atoms with van der Waals surface area (Å²) in [4.78, 5) is 40.4. The molecule has 3 aromatic rings. The Labute approximate surface area is 161 Å². The van der Waals surface area contributed by atoms with Crippen molar-refractivity contribution in [2.24, 2.45) is 0 Å². The maximum Gasteiger partial charge on any atom is 0.303 e. The number of fused-ring (bicyclic) bond motifs is 1. The minimum Gasteiger partial charge on any atom is -0.481 e. The SMILES string of the molecule is Cc1nc2cc[nH]n2c(=O)c1CC(=O)NC(CCC(=O)O)Cc1ccccc1. The van der Waals surface area contributed by atoms with Crippen molar-refractivity contribution >= 4 is 17.5 Å². The van der Waals surface area contributed by atoms with Crippen LogP contribution in [0.4, 0.5) is 0 Å². The highest BCUT2D eigenvalue weighted by atomic mass is 16.4. The number of H-pyrrole nitrogens is 1. The third-order valence-corrected chi connectivity index (χ3v) is 4.58. The van der Waals surface area contributed by atoms with E-state index in [1.54, 1.807) is 19.2 Å². The summed E-state index contributed by atoms with van der Waals surface area (Å²) >= 11 is 0. The standard InChI is InChI=1S/C20H22N4O4/c1-13-16(20(28)24-17(22-13)9-10-21-24)12-18(25)23-15(7-8-19(26)27)11-14-5-3-2-4-6-14/h2-6,9-10,15,21H,7-8,11-12H2,1H3,(H,23,25)(H,26,27). The Kier molecular flexibility index (Phi) is 5.88. The summed E-state index contributed by atoms with van der Waals surface area (Å²) < 4.78 is 1.29. The van der Waals surface area contributed by atoms with Gasteiger partial charge in [0.05, 0.1) is 6.42 Å². The van der Waals surface area contributed by atoms with Gasteiger partial charge in [0, 0.05) is 36.0 Å². The molecule has 1 amide bonds. The zero-order valence-electron chi connectivity index (χ0n) is 15.5. The maximum absolute atomic E-state index is 12.6. The number of amides is 1. The molecule has 3 N–H and O–H groups in total.